The van der Waals surface area contributed by atoms with E-state index in [0.29, 0.717) is 0 Å². The Labute approximate surface area is 130 Å². The van der Waals surface area contributed by atoms with Gasteiger partial charge in [0.1, 0.15) is 6.33 Å². The van der Waals surface area contributed by atoms with Crippen LogP contribution in [-0.4, -0.2) is 38.7 Å². The van der Waals surface area contributed by atoms with E-state index in [1.807, 2.05) is 16.9 Å². The molecule has 22 heavy (non-hydrogen) atoms. The van der Waals surface area contributed by atoms with Gasteiger partial charge in [0, 0.05) is 36.1 Å². The fourth-order valence-corrected chi connectivity index (χ4v) is 2.36. The molecule has 5 heteroatoms. The molecule has 0 saturated heterocycles. The van der Waals surface area contributed by atoms with Crippen LogP contribution >= 0.6 is 0 Å². The second-order valence-corrected chi connectivity index (χ2v) is 5.62. The minimum absolute atomic E-state index is 0.772. The van der Waals surface area contributed by atoms with E-state index in [-0.39, 0.29) is 0 Å². The lowest BCUT2D eigenvalue weighted by molar-refractivity contribution is 0.403. The third kappa shape index (κ3) is 3.04. The van der Waals surface area contributed by atoms with E-state index >= 15 is 0 Å². The largest absolute Gasteiger partial charge is 0.305 e. The first-order valence-corrected chi connectivity index (χ1v) is 7.20. The molecule has 1 aromatic carbocycles. The van der Waals surface area contributed by atoms with E-state index in [1.54, 1.807) is 6.20 Å². The van der Waals surface area contributed by atoms with Crippen LogP contribution in [0.15, 0.2) is 49.1 Å². The van der Waals surface area contributed by atoms with Gasteiger partial charge in [-0.05, 0) is 21.0 Å². The summed E-state index contributed by atoms with van der Waals surface area (Å²) in [4.78, 5) is 10.4. The number of aryl methyl sites for hydroxylation is 1. The first-order valence-electron chi connectivity index (χ1n) is 7.20. The van der Waals surface area contributed by atoms with Gasteiger partial charge >= 0.3 is 0 Å². The van der Waals surface area contributed by atoms with E-state index < -0.39 is 0 Å². The van der Waals surface area contributed by atoms with Crippen molar-refractivity contribution in [1.29, 1.82) is 0 Å². The van der Waals surface area contributed by atoms with Crippen molar-refractivity contribution in [1.82, 2.24) is 24.6 Å². The molecule has 112 valence electrons. The summed E-state index contributed by atoms with van der Waals surface area (Å²) in [6.45, 7) is 2.91. The predicted molar refractivity (Wildman–Crippen MR) is 86.7 cm³/mol. The van der Waals surface area contributed by atoms with E-state index in [4.69, 9.17) is 5.10 Å². The lowest BCUT2D eigenvalue weighted by atomic mass is 10.1. The maximum atomic E-state index is 4.73. The van der Waals surface area contributed by atoms with Crippen molar-refractivity contribution in [2.45, 2.75) is 13.5 Å². The predicted octanol–water partition coefficient (Wildman–Crippen LogP) is 2.70. The molecule has 0 aliphatic rings. The highest BCUT2D eigenvalue weighted by Crippen LogP contribution is 2.24. The summed E-state index contributed by atoms with van der Waals surface area (Å²) in [5, 5.41) is 4.73. The highest BCUT2D eigenvalue weighted by molar-refractivity contribution is 5.63. The number of hydrogen-bond acceptors (Lipinski definition) is 4. The minimum Gasteiger partial charge on any atom is -0.305 e. The van der Waals surface area contributed by atoms with E-state index in [1.165, 1.54) is 17.5 Å². The number of aromatic nitrogens is 4. The second kappa shape index (κ2) is 6.07. The van der Waals surface area contributed by atoms with Crippen LogP contribution in [0.2, 0.25) is 0 Å². The smallest absolute Gasteiger partial charge is 0.156 e. The summed E-state index contributed by atoms with van der Waals surface area (Å²) >= 11 is 0. The maximum Gasteiger partial charge on any atom is 0.156 e. The van der Waals surface area contributed by atoms with Crippen LogP contribution in [-0.2, 0) is 6.54 Å². The van der Waals surface area contributed by atoms with Gasteiger partial charge in [-0.15, -0.1) is 0 Å². The van der Waals surface area contributed by atoms with Crippen LogP contribution in [0.4, 0.5) is 0 Å². The van der Waals surface area contributed by atoms with Gasteiger partial charge in [0.25, 0.3) is 0 Å². The summed E-state index contributed by atoms with van der Waals surface area (Å²) in [6.07, 6.45) is 5.30. The fourth-order valence-electron chi connectivity index (χ4n) is 2.36. The highest BCUT2D eigenvalue weighted by Gasteiger charge is 2.13. The standard InChI is InChI=1S/C17H19N5/c1-13-4-6-14(7-5-13)17-15(10-21(2)3)11-22(20-17)16-8-9-18-12-19-16/h4-9,11-12H,10H2,1-3H3. The molecule has 2 heterocycles. The van der Waals surface area contributed by atoms with Crippen molar-refractivity contribution in [3.05, 3.63) is 60.2 Å². The van der Waals surface area contributed by atoms with Gasteiger partial charge in [-0.3, -0.25) is 0 Å². The van der Waals surface area contributed by atoms with Gasteiger partial charge in [0.2, 0.25) is 0 Å². The Bertz CT molecular complexity index is 744. The van der Waals surface area contributed by atoms with Gasteiger partial charge in [-0.2, -0.15) is 5.10 Å². The summed E-state index contributed by atoms with van der Waals surface area (Å²) in [7, 11) is 4.11. The summed E-state index contributed by atoms with van der Waals surface area (Å²) in [6, 6.07) is 10.3. The van der Waals surface area contributed by atoms with E-state index in [2.05, 4.69) is 60.2 Å². The molecule has 0 aliphatic carbocycles. The van der Waals surface area contributed by atoms with Gasteiger partial charge in [0.05, 0.1) is 5.69 Å². The first-order chi connectivity index (χ1) is 10.6. The Balaban J connectivity index is 2.07. The monoisotopic (exact) mass is 293 g/mol. The van der Waals surface area contributed by atoms with Crippen LogP contribution in [0.1, 0.15) is 11.1 Å². The van der Waals surface area contributed by atoms with Crippen LogP contribution in [0.5, 0.6) is 0 Å². The van der Waals surface area contributed by atoms with Gasteiger partial charge in [-0.25, -0.2) is 14.6 Å². The van der Waals surface area contributed by atoms with Crippen LogP contribution in [0, 0.1) is 6.92 Å². The third-order valence-electron chi connectivity index (χ3n) is 3.40. The lowest BCUT2D eigenvalue weighted by Crippen LogP contribution is -2.10. The molecule has 0 bridgehead atoms. The quantitative estimate of drug-likeness (QED) is 0.742. The van der Waals surface area contributed by atoms with Crippen LogP contribution < -0.4 is 0 Å². The molecule has 5 nitrogen and oxygen atoms in total. The molecule has 0 saturated carbocycles. The van der Waals surface area contributed by atoms with E-state index in [9.17, 15) is 0 Å². The van der Waals surface area contributed by atoms with Gasteiger partial charge in [0.15, 0.2) is 5.82 Å². The Morgan fingerprint density at radius 1 is 1.09 bits per heavy atom. The number of rotatable bonds is 4. The summed E-state index contributed by atoms with van der Waals surface area (Å²) in [5.74, 6) is 0.772. The third-order valence-corrected chi connectivity index (χ3v) is 3.40. The minimum atomic E-state index is 0.772. The molecule has 0 spiro atoms. The SMILES string of the molecule is Cc1ccc(-c2nn(-c3ccncn3)cc2CN(C)C)cc1. The zero-order valence-corrected chi connectivity index (χ0v) is 13.1. The van der Waals surface area contributed by atoms with Crippen molar-refractivity contribution in [3.8, 4) is 17.1 Å². The molecule has 2 aromatic heterocycles. The van der Waals surface area contributed by atoms with Crippen molar-refractivity contribution in [2.24, 2.45) is 0 Å². The molecule has 0 aliphatic heterocycles. The summed E-state index contributed by atoms with van der Waals surface area (Å²) in [5.41, 5.74) is 4.53. The number of benzene rings is 1. The number of nitrogens with zero attached hydrogens (tertiary/aromatic N) is 5. The zero-order valence-electron chi connectivity index (χ0n) is 13.1. The topological polar surface area (TPSA) is 46.8 Å². The first kappa shape index (κ1) is 14.4. The van der Waals surface area contributed by atoms with Crippen molar-refractivity contribution in [2.75, 3.05) is 14.1 Å². The molecular weight excluding hydrogens is 274 g/mol. The molecule has 0 N–H and O–H groups in total. The van der Waals surface area contributed by atoms with Crippen LogP contribution in [0.25, 0.3) is 17.1 Å². The van der Waals surface area contributed by atoms with Crippen molar-refractivity contribution < 1.29 is 0 Å². The average molecular weight is 293 g/mol. The van der Waals surface area contributed by atoms with Crippen molar-refractivity contribution >= 4 is 0 Å². The molecule has 3 aromatic rings. The number of hydrogen-bond donors (Lipinski definition) is 0. The Morgan fingerprint density at radius 3 is 2.50 bits per heavy atom. The molecular formula is C17H19N5. The fraction of sp³-hybridized carbons (Fsp3) is 0.235. The highest BCUT2D eigenvalue weighted by atomic mass is 15.3. The molecule has 0 radical (unpaired) electrons. The molecule has 3 rings (SSSR count). The second-order valence-electron chi connectivity index (χ2n) is 5.62. The maximum absolute atomic E-state index is 4.73. The Hall–Kier alpha value is -2.53. The average Bonchev–Trinajstić information content (AvgIpc) is 2.92. The van der Waals surface area contributed by atoms with E-state index in [0.717, 1.165) is 23.6 Å². The lowest BCUT2D eigenvalue weighted by Gasteiger charge is -2.09. The van der Waals surface area contributed by atoms with Crippen molar-refractivity contribution in [3.63, 3.8) is 0 Å². The molecule has 0 fully saturated rings. The molecule has 0 amide bonds. The summed E-state index contributed by atoms with van der Waals surface area (Å²) < 4.78 is 1.82. The molecule has 0 atom stereocenters. The normalized spacial score (nSPS) is 11.1. The van der Waals surface area contributed by atoms with Gasteiger partial charge in [-0.1, -0.05) is 29.8 Å². The zero-order chi connectivity index (χ0) is 15.5. The Morgan fingerprint density at radius 2 is 1.86 bits per heavy atom. The molecule has 0 unspecified atom stereocenters. The Kier molecular flexibility index (Phi) is 3.98. The van der Waals surface area contributed by atoms with Crippen LogP contribution in [0.3, 0.4) is 0 Å². The van der Waals surface area contributed by atoms with Gasteiger partial charge < -0.3 is 4.90 Å².